The van der Waals surface area contributed by atoms with Crippen LogP contribution in [0.3, 0.4) is 0 Å². The van der Waals surface area contributed by atoms with E-state index in [2.05, 4.69) is 14.9 Å². The molecule has 0 aromatic carbocycles. The van der Waals surface area contributed by atoms with Gasteiger partial charge in [0.1, 0.15) is 11.4 Å². The molecule has 1 fully saturated rings. The van der Waals surface area contributed by atoms with E-state index in [1.807, 2.05) is 0 Å². The van der Waals surface area contributed by atoms with Gasteiger partial charge >= 0.3 is 5.97 Å². The number of aliphatic carboxylic acids is 1. The lowest BCUT2D eigenvalue weighted by atomic mass is 9.82. The molecule has 1 aromatic heterocycles. The molecule has 1 aliphatic rings. The van der Waals surface area contributed by atoms with Gasteiger partial charge in [-0.05, 0) is 13.3 Å². The summed E-state index contributed by atoms with van der Waals surface area (Å²) in [6.45, 7) is 2.46. The molecule has 0 spiro atoms. The van der Waals surface area contributed by atoms with Gasteiger partial charge in [-0.25, -0.2) is 4.63 Å². The van der Waals surface area contributed by atoms with Crippen LogP contribution in [0.1, 0.15) is 17.8 Å². The molecule has 0 radical (unpaired) electrons. The summed E-state index contributed by atoms with van der Waals surface area (Å²) < 4.78 is 9.70. The van der Waals surface area contributed by atoms with Crippen molar-refractivity contribution in [3.63, 3.8) is 0 Å². The second kappa shape index (κ2) is 3.62. The largest absolute Gasteiger partial charge is 0.481 e. The molecule has 82 valence electrons. The Morgan fingerprint density at radius 2 is 2.40 bits per heavy atom. The molecule has 1 atom stereocenters. The Bertz CT molecular complexity index is 368. The first-order valence-corrected chi connectivity index (χ1v) is 4.73. The Labute approximate surface area is 86.2 Å². The number of rotatable bonds is 3. The SMILES string of the molecule is Cc1nonc1CC1(C(=O)O)CCOC1. The van der Waals surface area contributed by atoms with Gasteiger partial charge in [0.2, 0.25) is 0 Å². The van der Waals surface area contributed by atoms with Crippen LogP contribution in [0, 0.1) is 12.3 Å². The van der Waals surface area contributed by atoms with Gasteiger partial charge in [0.05, 0.1) is 12.0 Å². The van der Waals surface area contributed by atoms with Gasteiger partial charge in [-0.15, -0.1) is 0 Å². The maximum absolute atomic E-state index is 11.2. The van der Waals surface area contributed by atoms with Gasteiger partial charge in [0.25, 0.3) is 0 Å². The number of hydrogen-bond acceptors (Lipinski definition) is 5. The van der Waals surface area contributed by atoms with E-state index < -0.39 is 11.4 Å². The summed E-state index contributed by atoms with van der Waals surface area (Å²) in [6.07, 6.45) is 0.826. The van der Waals surface area contributed by atoms with Crippen molar-refractivity contribution in [1.82, 2.24) is 10.3 Å². The molecule has 2 heterocycles. The fourth-order valence-corrected chi connectivity index (χ4v) is 1.72. The summed E-state index contributed by atoms with van der Waals surface area (Å²) in [7, 11) is 0. The number of aromatic nitrogens is 2. The molecule has 6 nitrogen and oxygen atoms in total. The summed E-state index contributed by atoms with van der Waals surface area (Å²) in [5.74, 6) is -0.845. The molecule has 15 heavy (non-hydrogen) atoms. The zero-order valence-corrected chi connectivity index (χ0v) is 8.39. The van der Waals surface area contributed by atoms with E-state index in [-0.39, 0.29) is 6.61 Å². The van der Waals surface area contributed by atoms with Crippen LogP contribution in [-0.4, -0.2) is 34.6 Å². The first kappa shape index (κ1) is 10.1. The van der Waals surface area contributed by atoms with Crippen LogP contribution in [0.4, 0.5) is 0 Å². The van der Waals surface area contributed by atoms with Crippen LogP contribution in [0.15, 0.2) is 4.63 Å². The first-order valence-electron chi connectivity index (χ1n) is 4.73. The summed E-state index contributed by atoms with van der Waals surface area (Å²) in [5, 5.41) is 16.5. The number of aryl methyl sites for hydroxylation is 1. The highest BCUT2D eigenvalue weighted by atomic mass is 16.6. The third-order valence-corrected chi connectivity index (χ3v) is 2.81. The number of ether oxygens (including phenoxy) is 1. The molecular formula is C9H12N2O4. The number of hydrogen-bond donors (Lipinski definition) is 1. The normalized spacial score (nSPS) is 25.7. The molecule has 1 unspecified atom stereocenters. The Morgan fingerprint density at radius 1 is 1.60 bits per heavy atom. The lowest BCUT2D eigenvalue weighted by Crippen LogP contribution is -2.34. The van der Waals surface area contributed by atoms with Gasteiger partial charge in [-0.1, -0.05) is 10.3 Å². The third-order valence-electron chi connectivity index (χ3n) is 2.81. The van der Waals surface area contributed by atoms with E-state index >= 15 is 0 Å². The second-order valence-corrected chi connectivity index (χ2v) is 3.86. The average Bonchev–Trinajstić information content (AvgIpc) is 2.78. The maximum atomic E-state index is 11.2. The van der Waals surface area contributed by atoms with Crippen molar-refractivity contribution in [1.29, 1.82) is 0 Å². The van der Waals surface area contributed by atoms with Crippen LogP contribution < -0.4 is 0 Å². The van der Waals surface area contributed by atoms with Gasteiger partial charge < -0.3 is 9.84 Å². The molecule has 0 bridgehead atoms. The van der Waals surface area contributed by atoms with E-state index in [0.717, 1.165) is 0 Å². The number of nitrogens with zero attached hydrogens (tertiary/aromatic N) is 2. The summed E-state index contributed by atoms with van der Waals surface area (Å²) in [6, 6.07) is 0. The number of carboxylic acids is 1. The third kappa shape index (κ3) is 1.72. The van der Waals surface area contributed by atoms with E-state index in [4.69, 9.17) is 4.74 Å². The van der Waals surface area contributed by atoms with Crippen molar-refractivity contribution >= 4 is 5.97 Å². The molecule has 0 saturated carbocycles. The van der Waals surface area contributed by atoms with Gasteiger partial charge in [-0.3, -0.25) is 4.79 Å². The zero-order valence-electron chi connectivity index (χ0n) is 8.39. The van der Waals surface area contributed by atoms with Crippen molar-refractivity contribution in [3.8, 4) is 0 Å². The predicted octanol–water partition coefficient (Wildman–Crippen LogP) is 0.412. The van der Waals surface area contributed by atoms with Crippen molar-refractivity contribution in [2.75, 3.05) is 13.2 Å². The Hall–Kier alpha value is -1.43. The molecule has 2 rings (SSSR count). The molecule has 1 N–H and O–H groups in total. The van der Waals surface area contributed by atoms with E-state index in [1.54, 1.807) is 6.92 Å². The lowest BCUT2D eigenvalue weighted by molar-refractivity contribution is -0.148. The fourth-order valence-electron chi connectivity index (χ4n) is 1.72. The zero-order chi connectivity index (χ0) is 10.9. The first-order chi connectivity index (χ1) is 7.14. The van der Waals surface area contributed by atoms with Crippen molar-refractivity contribution in [2.45, 2.75) is 19.8 Å². The molecule has 0 amide bonds. The van der Waals surface area contributed by atoms with Crippen LogP contribution >= 0.6 is 0 Å². The standard InChI is InChI=1S/C9H12N2O4/c1-6-7(11-15-10-6)4-9(8(12)13)2-3-14-5-9/h2-5H2,1H3,(H,12,13). The lowest BCUT2D eigenvalue weighted by Gasteiger charge is -2.20. The predicted molar refractivity (Wildman–Crippen MR) is 48.2 cm³/mol. The van der Waals surface area contributed by atoms with E-state index in [0.29, 0.717) is 30.8 Å². The van der Waals surface area contributed by atoms with Gasteiger partial charge in [-0.2, -0.15) is 0 Å². The number of carboxylic acid groups (broad SMARTS) is 1. The minimum atomic E-state index is -0.858. The number of carbonyl (C=O) groups is 1. The van der Waals surface area contributed by atoms with Crippen LogP contribution in [0.5, 0.6) is 0 Å². The summed E-state index contributed by atoms with van der Waals surface area (Å²) in [4.78, 5) is 11.2. The van der Waals surface area contributed by atoms with E-state index in [9.17, 15) is 9.90 Å². The highest BCUT2D eigenvalue weighted by molar-refractivity contribution is 5.75. The molecule has 0 aliphatic carbocycles. The topological polar surface area (TPSA) is 85.5 Å². The molecular weight excluding hydrogens is 200 g/mol. The molecule has 6 heteroatoms. The monoisotopic (exact) mass is 212 g/mol. The van der Waals surface area contributed by atoms with Crippen molar-refractivity contribution in [3.05, 3.63) is 11.4 Å². The minimum absolute atomic E-state index is 0.231. The molecule has 1 aliphatic heterocycles. The second-order valence-electron chi connectivity index (χ2n) is 3.86. The highest BCUT2D eigenvalue weighted by Crippen LogP contribution is 2.33. The van der Waals surface area contributed by atoms with Crippen molar-refractivity contribution in [2.24, 2.45) is 5.41 Å². The fraction of sp³-hybridized carbons (Fsp3) is 0.667. The highest BCUT2D eigenvalue weighted by Gasteiger charge is 2.43. The Morgan fingerprint density at radius 3 is 2.87 bits per heavy atom. The van der Waals surface area contributed by atoms with Crippen LogP contribution in [0.2, 0.25) is 0 Å². The minimum Gasteiger partial charge on any atom is -0.481 e. The smallest absolute Gasteiger partial charge is 0.312 e. The maximum Gasteiger partial charge on any atom is 0.312 e. The Balaban J connectivity index is 2.21. The summed E-state index contributed by atoms with van der Waals surface area (Å²) >= 11 is 0. The quantitative estimate of drug-likeness (QED) is 0.781. The molecule has 1 saturated heterocycles. The summed E-state index contributed by atoms with van der Waals surface area (Å²) in [5.41, 5.74) is 0.383. The Kier molecular flexibility index (Phi) is 2.44. The van der Waals surface area contributed by atoms with Crippen molar-refractivity contribution < 1.29 is 19.3 Å². The van der Waals surface area contributed by atoms with Gasteiger partial charge in [0, 0.05) is 13.0 Å². The molecule has 1 aromatic rings. The van der Waals surface area contributed by atoms with E-state index in [1.165, 1.54) is 0 Å². The van der Waals surface area contributed by atoms with Crippen LogP contribution in [-0.2, 0) is 16.0 Å². The average molecular weight is 212 g/mol. The van der Waals surface area contributed by atoms with Gasteiger partial charge in [0.15, 0.2) is 0 Å². The van der Waals surface area contributed by atoms with Crippen LogP contribution in [0.25, 0.3) is 0 Å².